The third kappa shape index (κ3) is 4.76. The first-order valence-electron chi connectivity index (χ1n) is 12.5. The van der Waals surface area contributed by atoms with Gasteiger partial charge in [-0.05, 0) is 55.2 Å². The van der Waals surface area contributed by atoms with E-state index in [1.807, 2.05) is 6.07 Å². The highest BCUT2D eigenvalue weighted by atomic mass is 19.4. The van der Waals surface area contributed by atoms with Gasteiger partial charge in [0.2, 0.25) is 0 Å². The number of hydrogen-bond donors (Lipinski definition) is 0. The fraction of sp³-hybridized carbons (Fsp3) is 0.357. The Hall–Kier alpha value is -4.17. The Labute approximate surface area is 222 Å². The smallest absolute Gasteiger partial charge is 0.380 e. The Kier molecular flexibility index (Phi) is 6.91. The van der Waals surface area contributed by atoms with Gasteiger partial charge < -0.3 is 9.64 Å². The second kappa shape index (κ2) is 10.2. The number of carbonyl (C=O) groups excluding carboxylic acids is 3. The lowest BCUT2D eigenvalue weighted by atomic mass is 9.83. The Bertz CT molecular complexity index is 1400. The first-order valence-corrected chi connectivity index (χ1v) is 12.5. The molecule has 3 aliphatic rings. The van der Waals surface area contributed by atoms with E-state index in [2.05, 4.69) is 0 Å². The molecule has 0 aromatic heterocycles. The van der Waals surface area contributed by atoms with Gasteiger partial charge in [-0.3, -0.25) is 9.69 Å². The molecule has 5 rings (SSSR count). The van der Waals surface area contributed by atoms with E-state index in [0.717, 1.165) is 21.9 Å². The molecule has 0 saturated carbocycles. The Morgan fingerprint density at radius 1 is 1.10 bits per heavy atom. The van der Waals surface area contributed by atoms with Crippen LogP contribution in [-0.2, 0) is 15.7 Å². The highest BCUT2D eigenvalue weighted by molar-refractivity contribution is 6.11. The van der Waals surface area contributed by atoms with E-state index in [-0.39, 0.29) is 48.2 Å². The number of halogens is 3. The van der Waals surface area contributed by atoms with Crippen LogP contribution in [0.15, 0.2) is 59.8 Å². The molecule has 4 amide bonds. The van der Waals surface area contributed by atoms with E-state index in [0.29, 0.717) is 30.5 Å². The summed E-state index contributed by atoms with van der Waals surface area (Å²) in [6.07, 6.45) is -3.47. The fourth-order valence-electron chi connectivity index (χ4n) is 5.43. The maximum absolute atomic E-state index is 14.2. The third-order valence-electron chi connectivity index (χ3n) is 7.37. The lowest BCUT2D eigenvalue weighted by Gasteiger charge is -2.45. The quantitative estimate of drug-likeness (QED) is 0.521. The average Bonchev–Trinajstić information content (AvgIpc) is 3.41. The number of anilines is 1. The Balaban J connectivity index is 1.70. The molecule has 0 spiro atoms. The summed E-state index contributed by atoms with van der Waals surface area (Å²) in [4.78, 5) is 45.1. The molecule has 2 aliphatic heterocycles. The topological polar surface area (TPSA) is 93.9 Å². The van der Waals surface area contributed by atoms with Gasteiger partial charge in [-0.25, -0.2) is 14.5 Å². The van der Waals surface area contributed by atoms with Crippen molar-refractivity contribution in [3.8, 4) is 6.07 Å². The number of likely N-dealkylation sites (tertiary alicyclic amines) is 1. The van der Waals surface area contributed by atoms with Crippen LogP contribution in [0.5, 0.6) is 0 Å². The summed E-state index contributed by atoms with van der Waals surface area (Å²) < 4.78 is 46.1. The number of Topliss-reactive ketones (excluding diaryl/α,β-unsaturated/α-hetero) is 1. The summed E-state index contributed by atoms with van der Waals surface area (Å²) in [6.45, 7) is 0.535. The molecule has 1 saturated heterocycles. The minimum Gasteiger partial charge on any atom is -0.380 e. The molecule has 2 heterocycles. The van der Waals surface area contributed by atoms with Crippen LogP contribution in [0.3, 0.4) is 0 Å². The van der Waals surface area contributed by atoms with Crippen molar-refractivity contribution in [2.45, 2.75) is 44.0 Å². The number of carbonyl (C=O) groups is 3. The number of amides is 4. The first kappa shape index (κ1) is 26.4. The second-order valence-electron chi connectivity index (χ2n) is 9.68. The first-order chi connectivity index (χ1) is 18.6. The van der Waals surface area contributed by atoms with Crippen LogP contribution < -0.4 is 4.90 Å². The van der Waals surface area contributed by atoms with Crippen molar-refractivity contribution >= 4 is 23.5 Å². The van der Waals surface area contributed by atoms with E-state index in [1.165, 1.54) is 36.3 Å². The number of rotatable bonds is 3. The molecule has 0 N–H and O–H groups in total. The normalized spacial score (nSPS) is 21.8. The van der Waals surface area contributed by atoms with Crippen molar-refractivity contribution < 1.29 is 32.3 Å². The zero-order valence-electron chi connectivity index (χ0n) is 21.1. The molecule has 8 nitrogen and oxygen atoms in total. The van der Waals surface area contributed by atoms with E-state index in [9.17, 15) is 32.8 Å². The maximum Gasteiger partial charge on any atom is 0.416 e. The van der Waals surface area contributed by atoms with Crippen molar-refractivity contribution in [1.82, 2.24) is 9.80 Å². The molecule has 0 bridgehead atoms. The molecular formula is C28H25F3N4O4. The fourth-order valence-corrected chi connectivity index (χ4v) is 5.43. The van der Waals surface area contributed by atoms with Crippen molar-refractivity contribution in [2.24, 2.45) is 0 Å². The van der Waals surface area contributed by atoms with E-state index < -0.39 is 29.8 Å². The van der Waals surface area contributed by atoms with Crippen molar-refractivity contribution in [3.05, 3.63) is 76.5 Å². The number of ketones is 1. The summed E-state index contributed by atoms with van der Waals surface area (Å²) in [5.41, 5.74) is 0.251. The highest BCUT2D eigenvalue weighted by Crippen LogP contribution is 2.45. The number of nitrogens with zero attached hydrogens (tertiary/aromatic N) is 4. The van der Waals surface area contributed by atoms with E-state index >= 15 is 0 Å². The zero-order chi connectivity index (χ0) is 27.9. The van der Waals surface area contributed by atoms with E-state index in [1.54, 1.807) is 12.1 Å². The molecule has 2 atom stereocenters. The number of urea groups is 2. The number of nitriles is 1. The number of benzene rings is 2. The molecule has 1 aliphatic carbocycles. The summed E-state index contributed by atoms with van der Waals surface area (Å²) >= 11 is 0. The van der Waals surface area contributed by atoms with Crippen molar-refractivity contribution in [3.63, 3.8) is 0 Å². The monoisotopic (exact) mass is 538 g/mol. The number of hydrogen-bond acceptors (Lipinski definition) is 5. The van der Waals surface area contributed by atoms with Crippen LogP contribution in [0, 0.1) is 11.3 Å². The van der Waals surface area contributed by atoms with Crippen LogP contribution >= 0.6 is 0 Å². The highest BCUT2D eigenvalue weighted by Gasteiger charge is 2.49. The predicted molar refractivity (Wildman–Crippen MR) is 133 cm³/mol. The van der Waals surface area contributed by atoms with Gasteiger partial charge in [0.1, 0.15) is 0 Å². The molecule has 202 valence electrons. The number of alkyl halides is 3. The van der Waals surface area contributed by atoms with Crippen molar-refractivity contribution in [1.29, 1.82) is 5.26 Å². The van der Waals surface area contributed by atoms with Crippen LogP contribution in [0.4, 0.5) is 28.4 Å². The lowest BCUT2D eigenvalue weighted by molar-refractivity contribution is -0.137. The standard InChI is InChI=1S/C28H25F3N4O4/c1-39-21-12-13-33(16-21)26(37)35-25(18-10-8-17(15-32)9-11-18)24-22(6-3-7-23(24)36)34(27(35)38)20-5-2-4-19(14-20)28(29,30)31/h2,4-5,8-11,14,21,25H,3,6-7,12-13,16H2,1H3. The second-order valence-corrected chi connectivity index (χ2v) is 9.68. The van der Waals surface area contributed by atoms with Gasteiger partial charge in [-0.1, -0.05) is 18.2 Å². The molecular weight excluding hydrogens is 513 g/mol. The molecule has 1 fully saturated rings. The van der Waals surface area contributed by atoms with Crippen molar-refractivity contribution in [2.75, 3.05) is 25.1 Å². The van der Waals surface area contributed by atoms with Gasteiger partial charge in [-0.15, -0.1) is 0 Å². The minimum atomic E-state index is -4.65. The minimum absolute atomic E-state index is 0.0794. The van der Waals surface area contributed by atoms with Gasteiger partial charge in [0.15, 0.2) is 5.78 Å². The van der Waals surface area contributed by atoms with E-state index in [4.69, 9.17) is 4.74 Å². The SMILES string of the molecule is COC1CCN(C(=O)N2C(=O)N(c3cccc(C(F)(F)F)c3)C3=C(C(=O)CCC3)C2c2ccc(C#N)cc2)C1. The molecule has 39 heavy (non-hydrogen) atoms. The number of imide groups is 1. The maximum atomic E-state index is 14.2. The molecule has 2 aromatic carbocycles. The molecule has 0 radical (unpaired) electrons. The van der Waals surface area contributed by atoms with Gasteiger partial charge in [-0.2, -0.15) is 18.4 Å². The van der Waals surface area contributed by atoms with Crippen LogP contribution in [0.2, 0.25) is 0 Å². The lowest BCUT2D eigenvalue weighted by Crippen LogP contribution is -2.57. The average molecular weight is 539 g/mol. The number of methoxy groups -OCH3 is 1. The summed E-state index contributed by atoms with van der Waals surface area (Å²) in [5, 5.41) is 9.25. The molecule has 2 unspecified atom stereocenters. The van der Waals surface area contributed by atoms with Crippen LogP contribution in [-0.4, -0.2) is 53.9 Å². The third-order valence-corrected chi connectivity index (χ3v) is 7.37. The Morgan fingerprint density at radius 3 is 2.49 bits per heavy atom. The van der Waals surface area contributed by atoms with Crippen LogP contribution in [0.1, 0.15) is 48.4 Å². The number of allylic oxidation sites excluding steroid dienone is 1. The molecule has 2 aromatic rings. The zero-order valence-corrected chi connectivity index (χ0v) is 21.1. The molecule has 11 heteroatoms. The summed E-state index contributed by atoms with van der Waals surface area (Å²) in [6, 6.07) is 9.96. The summed E-state index contributed by atoms with van der Waals surface area (Å²) in [5.74, 6) is -0.288. The predicted octanol–water partition coefficient (Wildman–Crippen LogP) is 5.41. The Morgan fingerprint density at radius 2 is 1.85 bits per heavy atom. The summed E-state index contributed by atoms with van der Waals surface area (Å²) in [7, 11) is 1.53. The largest absolute Gasteiger partial charge is 0.416 e. The van der Waals surface area contributed by atoms with Gasteiger partial charge in [0.05, 0.1) is 35.0 Å². The van der Waals surface area contributed by atoms with Gasteiger partial charge in [0, 0.05) is 37.9 Å². The number of ether oxygens (including phenoxy) is 1. The van der Waals surface area contributed by atoms with Gasteiger partial charge in [0.25, 0.3) is 0 Å². The van der Waals surface area contributed by atoms with Crippen LogP contribution in [0.25, 0.3) is 0 Å². The van der Waals surface area contributed by atoms with Gasteiger partial charge >= 0.3 is 18.2 Å².